The predicted octanol–water partition coefficient (Wildman–Crippen LogP) is 4.77. The number of alkyl halides is 3. The van der Waals surface area contributed by atoms with Crippen molar-refractivity contribution in [2.45, 2.75) is 52.5 Å². The Kier molecular flexibility index (Phi) is 6.08. The van der Waals surface area contributed by atoms with Crippen LogP contribution < -0.4 is 15.5 Å². The molecule has 1 aliphatic carbocycles. The number of hydrogen-bond acceptors (Lipinski definition) is 6. The van der Waals surface area contributed by atoms with Crippen LogP contribution >= 0.6 is 0 Å². The lowest BCUT2D eigenvalue weighted by Crippen LogP contribution is -2.50. The number of fused-ring (bicyclic) bond motifs is 3. The van der Waals surface area contributed by atoms with Crippen LogP contribution in [0.25, 0.3) is 0 Å². The second-order valence-electron chi connectivity index (χ2n) is 9.97. The van der Waals surface area contributed by atoms with Gasteiger partial charge >= 0.3 is 12.1 Å². The van der Waals surface area contributed by atoms with Crippen LogP contribution in [-0.2, 0) is 14.3 Å². The Bertz CT molecular complexity index is 1280. The maximum atomic E-state index is 14.7. The Hall–Kier alpha value is -3.69. The molecule has 7 nitrogen and oxygen atoms in total. The molecule has 2 N–H and O–H groups in total. The number of nitrogens with two attached hydrogens (primary N) is 1. The van der Waals surface area contributed by atoms with Crippen LogP contribution in [0.2, 0.25) is 0 Å². The Morgan fingerprint density at radius 3 is 2.16 bits per heavy atom. The largest absolute Gasteiger partial charge is 0.461 e. The first-order chi connectivity index (χ1) is 17.5. The van der Waals surface area contributed by atoms with E-state index in [-0.39, 0.29) is 25.5 Å². The first kappa shape index (κ1) is 25.0. The van der Waals surface area contributed by atoms with Gasteiger partial charge in [0.05, 0.1) is 23.7 Å². The van der Waals surface area contributed by atoms with Gasteiger partial charge in [-0.25, -0.2) is 4.79 Å². The number of carbonyl (C=O) groups is 2. The third-order valence-corrected chi connectivity index (χ3v) is 6.98. The number of amides is 1. The summed E-state index contributed by atoms with van der Waals surface area (Å²) in [6, 6.07) is 11.0. The summed E-state index contributed by atoms with van der Waals surface area (Å²) in [6.07, 6.45) is -4.49. The lowest BCUT2D eigenvalue weighted by atomic mass is 10.0. The van der Waals surface area contributed by atoms with Crippen LogP contribution in [0.1, 0.15) is 36.0 Å². The van der Waals surface area contributed by atoms with Crippen molar-refractivity contribution in [3.63, 3.8) is 0 Å². The number of aryl methyl sites for hydroxylation is 3. The van der Waals surface area contributed by atoms with Crippen molar-refractivity contribution in [1.82, 2.24) is 4.90 Å². The topological polar surface area (TPSA) is 79.1 Å². The lowest BCUT2D eigenvalue weighted by molar-refractivity contribution is -0.141. The molecule has 0 spiro atoms. The van der Waals surface area contributed by atoms with Crippen LogP contribution in [-0.4, -0.2) is 42.4 Å². The first-order valence-corrected chi connectivity index (χ1v) is 12.3. The lowest BCUT2D eigenvalue weighted by Gasteiger charge is -2.38. The number of para-hydroxylation sites is 2. The molecule has 0 aromatic heterocycles. The van der Waals surface area contributed by atoms with E-state index in [0.29, 0.717) is 11.4 Å². The summed E-state index contributed by atoms with van der Waals surface area (Å²) in [5, 5.41) is 0. The number of esters is 1. The van der Waals surface area contributed by atoms with E-state index < -0.39 is 35.7 Å². The third-order valence-electron chi connectivity index (χ3n) is 6.98. The summed E-state index contributed by atoms with van der Waals surface area (Å²) in [7, 11) is 0. The maximum absolute atomic E-state index is 14.7. The number of benzene rings is 2. The Morgan fingerprint density at radius 1 is 1.03 bits per heavy atom. The Morgan fingerprint density at radius 2 is 1.62 bits per heavy atom. The molecule has 1 saturated carbocycles. The molecule has 2 aliphatic heterocycles. The summed E-state index contributed by atoms with van der Waals surface area (Å²) in [6.45, 7) is 5.53. The number of nitrogens with zero attached hydrogens (tertiary/aromatic N) is 3. The molecule has 1 atom stereocenters. The van der Waals surface area contributed by atoms with Crippen molar-refractivity contribution in [3.05, 3.63) is 64.5 Å². The second-order valence-corrected chi connectivity index (χ2v) is 9.97. The Balaban J connectivity index is 1.72. The molecular formula is C27H29F3N4O3. The average Bonchev–Trinajstić information content (AvgIpc) is 3.49. The first-order valence-electron chi connectivity index (χ1n) is 12.3. The van der Waals surface area contributed by atoms with Gasteiger partial charge in [0.25, 0.3) is 0 Å². The molecule has 3 aliphatic rings. The van der Waals surface area contributed by atoms with Crippen molar-refractivity contribution >= 4 is 28.9 Å². The highest BCUT2D eigenvalue weighted by atomic mass is 19.4. The average molecular weight is 515 g/mol. The van der Waals surface area contributed by atoms with Crippen molar-refractivity contribution < 1.29 is 27.5 Å². The summed E-state index contributed by atoms with van der Waals surface area (Å²) in [4.78, 5) is 29.3. The van der Waals surface area contributed by atoms with Gasteiger partial charge in [0.2, 0.25) is 5.91 Å². The van der Waals surface area contributed by atoms with E-state index in [9.17, 15) is 22.8 Å². The fourth-order valence-corrected chi connectivity index (χ4v) is 5.40. The number of halogens is 3. The van der Waals surface area contributed by atoms with E-state index in [0.717, 1.165) is 40.1 Å². The van der Waals surface area contributed by atoms with Crippen LogP contribution in [0.4, 0.5) is 30.2 Å². The van der Waals surface area contributed by atoms with Gasteiger partial charge in [-0.05, 0) is 62.8 Å². The van der Waals surface area contributed by atoms with Crippen molar-refractivity contribution in [2.75, 3.05) is 23.0 Å². The van der Waals surface area contributed by atoms with Gasteiger partial charge in [-0.1, -0.05) is 29.8 Å². The fourth-order valence-electron chi connectivity index (χ4n) is 5.40. The quantitative estimate of drug-likeness (QED) is 0.537. The van der Waals surface area contributed by atoms with E-state index >= 15 is 0 Å². The van der Waals surface area contributed by atoms with Gasteiger partial charge in [-0.2, -0.15) is 13.2 Å². The van der Waals surface area contributed by atoms with Crippen molar-refractivity contribution in [2.24, 2.45) is 11.7 Å². The van der Waals surface area contributed by atoms with Crippen molar-refractivity contribution in [1.29, 1.82) is 0 Å². The van der Waals surface area contributed by atoms with Crippen molar-refractivity contribution in [3.8, 4) is 0 Å². The van der Waals surface area contributed by atoms with Gasteiger partial charge in [0.1, 0.15) is 0 Å². The molecule has 2 heterocycles. The third kappa shape index (κ3) is 4.38. The van der Waals surface area contributed by atoms with E-state index in [1.807, 2.05) is 43.9 Å². The van der Waals surface area contributed by atoms with Gasteiger partial charge in [0, 0.05) is 13.0 Å². The smallest absolute Gasteiger partial charge is 0.433 e. The zero-order chi connectivity index (χ0) is 26.6. The van der Waals surface area contributed by atoms with E-state index in [1.54, 1.807) is 18.2 Å². The molecule has 0 bridgehead atoms. The molecule has 2 aromatic rings. The minimum Gasteiger partial charge on any atom is -0.461 e. The monoisotopic (exact) mass is 514 g/mol. The molecule has 5 rings (SSSR count). The fraction of sp³-hybridized carbons (Fsp3) is 0.407. The maximum Gasteiger partial charge on any atom is 0.433 e. The van der Waals surface area contributed by atoms with Crippen LogP contribution in [0.15, 0.2) is 47.8 Å². The SMILES string of the molecule is Cc1cc(C)c(N2c3ccccc3N3C(C(=O)OCC4CC4)=C(C(F)(F)F)N(CCC(N)=O)C32)c(C)c1. The number of allylic oxidation sites excluding steroid dienone is 1. The van der Waals surface area contributed by atoms with E-state index in [1.165, 1.54) is 4.90 Å². The van der Waals surface area contributed by atoms with Crippen LogP contribution in [0, 0.1) is 26.7 Å². The summed E-state index contributed by atoms with van der Waals surface area (Å²) in [5.74, 6) is -1.58. The molecule has 2 aromatic carbocycles. The standard InChI is InChI=1S/C27H29F3N4O3/c1-15-12-16(2)22(17(3)13-15)33-19-6-4-5-7-20(19)34-23(25(36)37-14-18-8-9-18)24(27(28,29)30)32(26(33)34)11-10-21(31)35/h4-7,12-13,18,26H,8-11,14H2,1-3H3,(H2,31,35). The summed E-state index contributed by atoms with van der Waals surface area (Å²) >= 11 is 0. The molecular weight excluding hydrogens is 485 g/mol. The van der Waals surface area contributed by atoms with E-state index in [2.05, 4.69) is 0 Å². The van der Waals surface area contributed by atoms with Gasteiger partial charge < -0.3 is 20.3 Å². The number of anilines is 3. The summed E-state index contributed by atoms with van der Waals surface area (Å²) < 4.78 is 49.5. The second kappa shape index (κ2) is 9.00. The number of rotatable bonds is 7. The molecule has 1 unspecified atom stereocenters. The number of primary amides is 1. The predicted molar refractivity (Wildman–Crippen MR) is 133 cm³/mol. The number of hydrogen-bond donors (Lipinski definition) is 1. The highest BCUT2D eigenvalue weighted by Crippen LogP contribution is 2.54. The molecule has 0 radical (unpaired) electrons. The number of carbonyl (C=O) groups excluding carboxylic acids is 2. The zero-order valence-corrected chi connectivity index (χ0v) is 20.9. The normalized spacial score (nSPS) is 18.9. The van der Waals surface area contributed by atoms with Gasteiger partial charge in [-0.15, -0.1) is 0 Å². The molecule has 10 heteroatoms. The molecule has 37 heavy (non-hydrogen) atoms. The molecule has 1 fully saturated rings. The zero-order valence-electron chi connectivity index (χ0n) is 20.9. The summed E-state index contributed by atoms with van der Waals surface area (Å²) in [5.41, 5.74) is 8.29. The van der Waals surface area contributed by atoms with Gasteiger partial charge in [-0.3, -0.25) is 9.69 Å². The highest BCUT2D eigenvalue weighted by Gasteiger charge is 2.58. The number of ether oxygens (including phenoxy) is 1. The minimum absolute atomic E-state index is 0.0782. The van der Waals surface area contributed by atoms with E-state index in [4.69, 9.17) is 10.5 Å². The minimum atomic E-state index is -4.88. The molecule has 0 saturated heterocycles. The van der Waals surface area contributed by atoms with Gasteiger partial charge in [0.15, 0.2) is 17.7 Å². The molecule has 1 amide bonds. The Labute approximate surface area is 213 Å². The highest BCUT2D eigenvalue weighted by molar-refractivity contribution is 6.00. The molecule has 196 valence electrons. The van der Waals surface area contributed by atoms with Crippen LogP contribution in [0.3, 0.4) is 0 Å². The van der Waals surface area contributed by atoms with Crippen LogP contribution in [0.5, 0.6) is 0 Å².